The van der Waals surface area contributed by atoms with Gasteiger partial charge in [-0.25, -0.2) is 24.3 Å². The van der Waals surface area contributed by atoms with Crippen LogP contribution in [0.2, 0.25) is 0 Å². The van der Waals surface area contributed by atoms with Gasteiger partial charge in [-0.3, -0.25) is 4.98 Å². The van der Waals surface area contributed by atoms with E-state index in [9.17, 15) is 19.5 Å². The van der Waals surface area contributed by atoms with Gasteiger partial charge < -0.3 is 24.9 Å². The Hall–Kier alpha value is -4.43. The number of hydrogen-bond acceptors (Lipinski definition) is 10. The van der Waals surface area contributed by atoms with Gasteiger partial charge in [0.05, 0.1) is 12.2 Å². The molecule has 0 unspecified atom stereocenters. The fraction of sp³-hybridized carbons (Fsp3) is 0.607. The van der Waals surface area contributed by atoms with Gasteiger partial charge in [0, 0.05) is 17.3 Å². The number of rotatable bonds is 5. The number of anilines is 1. The van der Waals surface area contributed by atoms with Crippen LogP contribution < -0.4 is 26.7 Å². The summed E-state index contributed by atoms with van der Waals surface area (Å²) in [5, 5.41) is 18.0. The molecule has 15 nitrogen and oxygen atoms in total. The minimum Gasteiger partial charge on any atom is -0.493 e. The number of H-pyrrole nitrogens is 2. The molecule has 15 heteroatoms. The zero-order valence-corrected chi connectivity index (χ0v) is 25.3. The highest BCUT2D eigenvalue weighted by Crippen LogP contribution is 2.31. The van der Waals surface area contributed by atoms with E-state index in [1.807, 2.05) is 20.8 Å². The molecule has 0 radical (unpaired) electrons. The Morgan fingerprint density at radius 3 is 2.30 bits per heavy atom. The number of alkyl carbamates (subject to hydrolysis) is 1. The second-order valence-electron chi connectivity index (χ2n) is 13.0. The summed E-state index contributed by atoms with van der Waals surface area (Å²) in [5.74, 6) is -0.110. The molecule has 5 rings (SSSR count). The Kier molecular flexibility index (Phi) is 7.92. The minimum atomic E-state index is -0.726. The average molecular weight is 598 g/mol. The largest absolute Gasteiger partial charge is 0.493 e. The molecule has 2 saturated carbocycles. The number of aromatic amines is 2. The van der Waals surface area contributed by atoms with Gasteiger partial charge in [-0.15, -0.1) is 0 Å². The highest BCUT2D eigenvalue weighted by atomic mass is 16.6. The fourth-order valence-electron chi connectivity index (χ4n) is 4.86. The topological polar surface area (TPSA) is 192 Å². The summed E-state index contributed by atoms with van der Waals surface area (Å²) < 4.78 is 12.5. The second kappa shape index (κ2) is 11.3. The molecule has 232 valence electrons. The summed E-state index contributed by atoms with van der Waals surface area (Å²) >= 11 is 0. The summed E-state index contributed by atoms with van der Waals surface area (Å²) in [6.07, 6.45) is 6.42. The fourth-order valence-corrected chi connectivity index (χ4v) is 4.86. The van der Waals surface area contributed by atoms with Crippen LogP contribution in [0.15, 0.2) is 16.0 Å². The van der Waals surface area contributed by atoms with Crippen molar-refractivity contribution in [2.45, 2.75) is 109 Å². The Morgan fingerprint density at radius 1 is 1.05 bits per heavy atom. The van der Waals surface area contributed by atoms with Crippen LogP contribution in [-0.2, 0) is 9.47 Å². The van der Waals surface area contributed by atoms with Crippen LogP contribution in [0.1, 0.15) is 85.8 Å². The Morgan fingerprint density at radius 2 is 1.72 bits per heavy atom. The predicted molar refractivity (Wildman–Crippen MR) is 155 cm³/mol. The summed E-state index contributed by atoms with van der Waals surface area (Å²) in [4.78, 5) is 57.8. The highest BCUT2D eigenvalue weighted by molar-refractivity contribution is 5.87. The van der Waals surface area contributed by atoms with E-state index in [1.165, 1.54) is 21.7 Å². The molecule has 2 aliphatic carbocycles. The van der Waals surface area contributed by atoms with Crippen molar-refractivity contribution < 1.29 is 24.2 Å². The highest BCUT2D eigenvalue weighted by Gasteiger charge is 2.39. The molecule has 2 aliphatic rings. The molecule has 43 heavy (non-hydrogen) atoms. The van der Waals surface area contributed by atoms with Crippen molar-refractivity contribution in [2.24, 2.45) is 4.99 Å². The normalized spacial score (nSPS) is 20.3. The van der Waals surface area contributed by atoms with E-state index in [0.29, 0.717) is 36.5 Å². The number of ether oxygens (including phenoxy) is 2. The molecular weight excluding hydrogens is 558 g/mol. The van der Waals surface area contributed by atoms with Crippen molar-refractivity contribution in [1.29, 1.82) is 0 Å². The monoisotopic (exact) mass is 597 g/mol. The molecule has 0 atom stereocenters. The molecule has 3 aromatic heterocycles. The molecule has 3 aromatic rings. The first-order valence-electron chi connectivity index (χ1n) is 14.5. The average Bonchev–Trinajstić information content (AvgIpc) is 3.54. The Balaban J connectivity index is 1.51. The lowest BCUT2D eigenvalue weighted by molar-refractivity contribution is 0.0489. The van der Waals surface area contributed by atoms with Crippen LogP contribution >= 0.6 is 0 Å². The third kappa shape index (κ3) is 7.51. The lowest BCUT2D eigenvalue weighted by Crippen LogP contribution is -2.42. The molecule has 0 saturated heterocycles. The van der Waals surface area contributed by atoms with E-state index in [2.05, 4.69) is 30.4 Å². The predicted octanol–water partition coefficient (Wildman–Crippen LogP) is 2.03. The number of carbonyl (C=O) groups excluding carboxylic acids is 2. The third-order valence-corrected chi connectivity index (χ3v) is 6.83. The van der Waals surface area contributed by atoms with Crippen molar-refractivity contribution >= 4 is 29.9 Å². The maximum absolute atomic E-state index is 13.4. The van der Waals surface area contributed by atoms with Gasteiger partial charge in [-0.05, 0) is 86.1 Å². The number of hydrogen-bond donors (Lipinski definition) is 4. The van der Waals surface area contributed by atoms with Crippen molar-refractivity contribution in [1.82, 2.24) is 34.9 Å². The molecule has 0 spiro atoms. The van der Waals surface area contributed by atoms with Crippen LogP contribution in [0, 0.1) is 0 Å². The first-order valence-corrected chi connectivity index (χ1v) is 14.5. The van der Waals surface area contributed by atoms with Crippen molar-refractivity contribution in [3.8, 4) is 5.88 Å². The van der Waals surface area contributed by atoms with Crippen LogP contribution in [0.25, 0.3) is 11.7 Å². The zero-order valence-electron chi connectivity index (χ0n) is 25.3. The van der Waals surface area contributed by atoms with Crippen molar-refractivity contribution in [3.05, 3.63) is 33.2 Å². The van der Waals surface area contributed by atoms with Crippen molar-refractivity contribution in [2.75, 3.05) is 4.90 Å². The van der Waals surface area contributed by atoms with E-state index in [1.54, 1.807) is 20.8 Å². The summed E-state index contributed by atoms with van der Waals surface area (Å²) in [7, 11) is 0. The van der Waals surface area contributed by atoms with E-state index < -0.39 is 29.1 Å². The Bertz CT molecular complexity index is 1680. The van der Waals surface area contributed by atoms with Gasteiger partial charge in [-0.2, -0.15) is 19.6 Å². The molecule has 0 aliphatic heterocycles. The Labute approximate surface area is 247 Å². The molecule has 2 amide bonds. The van der Waals surface area contributed by atoms with Gasteiger partial charge in [-0.1, -0.05) is 0 Å². The molecular formula is C28H39N9O6. The number of aromatic hydroxyl groups is 1. The van der Waals surface area contributed by atoms with E-state index in [4.69, 9.17) is 14.5 Å². The number of fused-ring (bicyclic) bond motifs is 1. The van der Waals surface area contributed by atoms with E-state index >= 15 is 0 Å². The van der Waals surface area contributed by atoms with Gasteiger partial charge in [0.25, 0.3) is 0 Å². The smallest absolute Gasteiger partial charge is 0.417 e. The summed E-state index contributed by atoms with van der Waals surface area (Å²) in [6, 6.07) is -0.245. The first kappa shape index (κ1) is 30.0. The minimum absolute atomic E-state index is 0.0231. The van der Waals surface area contributed by atoms with Crippen LogP contribution in [0.4, 0.5) is 15.5 Å². The van der Waals surface area contributed by atoms with Crippen LogP contribution in [0.5, 0.6) is 5.88 Å². The van der Waals surface area contributed by atoms with Crippen molar-refractivity contribution in [3.63, 3.8) is 0 Å². The maximum Gasteiger partial charge on any atom is 0.417 e. The molecule has 4 N–H and O–H groups in total. The SMILES string of the molecule is CC(C)(C)OC(=O)NC1CCC(N=c2nc(N(C(=O)OC(C)(C)C)C3CC3)n3ncc(=Cc4[nH]c(=O)[nH]c4O)c3n2)CC1. The maximum atomic E-state index is 13.4. The van der Waals surface area contributed by atoms with Gasteiger partial charge in [0.1, 0.15) is 16.9 Å². The van der Waals surface area contributed by atoms with Crippen LogP contribution in [0.3, 0.4) is 0 Å². The standard InChI is InChI=1S/C28H39N9O6/c1-27(2,3)42-25(40)31-17-9-7-16(8-10-17)30-22-33-20-15(13-19-21(38)34-23(39)32-19)14-29-37(20)24(35-22)36(18-11-12-18)26(41)43-28(4,5)6/h13-14,16-18,38H,7-12H2,1-6H3,(H,31,40)(H2,32,34,39). The third-order valence-electron chi connectivity index (χ3n) is 6.83. The zero-order chi connectivity index (χ0) is 31.1. The summed E-state index contributed by atoms with van der Waals surface area (Å²) in [5.41, 5.74) is -1.21. The number of imidazole rings is 1. The molecule has 2 fully saturated rings. The number of nitrogens with zero attached hydrogens (tertiary/aromatic N) is 6. The summed E-state index contributed by atoms with van der Waals surface area (Å²) in [6.45, 7) is 10.9. The van der Waals surface area contributed by atoms with Gasteiger partial charge in [0.2, 0.25) is 17.4 Å². The van der Waals surface area contributed by atoms with Gasteiger partial charge in [0.15, 0.2) is 5.65 Å². The van der Waals surface area contributed by atoms with E-state index in [-0.39, 0.29) is 41.3 Å². The molecule has 0 aromatic carbocycles. The second-order valence-corrected chi connectivity index (χ2v) is 13.0. The number of carbonyl (C=O) groups is 2. The van der Waals surface area contributed by atoms with Crippen LogP contribution in [-0.4, -0.2) is 76.2 Å². The molecule has 3 heterocycles. The lowest BCUT2D eigenvalue weighted by atomic mass is 9.92. The van der Waals surface area contributed by atoms with Gasteiger partial charge >= 0.3 is 17.9 Å². The quantitative estimate of drug-likeness (QED) is 0.341. The number of nitrogens with one attached hydrogen (secondary N) is 3. The lowest BCUT2D eigenvalue weighted by Gasteiger charge is -2.28. The molecule has 0 bridgehead atoms. The first-order chi connectivity index (χ1) is 20.1. The van der Waals surface area contributed by atoms with E-state index in [0.717, 1.165) is 12.8 Å². The number of amides is 2. The number of aromatic nitrogens is 6.